The van der Waals surface area contributed by atoms with Crippen molar-refractivity contribution in [2.24, 2.45) is 0 Å². The van der Waals surface area contributed by atoms with Gasteiger partial charge in [0.25, 0.3) is 0 Å². The number of phenols is 3. The molecule has 0 fully saturated rings. The molecule has 46 heavy (non-hydrogen) atoms. The van der Waals surface area contributed by atoms with Crippen LogP contribution in [0.1, 0.15) is 39.8 Å². The molecule has 2 atom stereocenters. The third-order valence-electron chi connectivity index (χ3n) is 7.69. The summed E-state index contributed by atoms with van der Waals surface area (Å²) in [6.07, 6.45) is 3.40. The maximum Gasteiger partial charge on any atom is 0.244 e. The first kappa shape index (κ1) is 31.8. The molecule has 5 N–H and O–H groups in total. The van der Waals surface area contributed by atoms with Crippen LogP contribution < -0.4 is 24.8 Å². The van der Waals surface area contributed by atoms with Crippen molar-refractivity contribution in [1.82, 2.24) is 10.6 Å². The molecule has 2 amide bonds. The van der Waals surface area contributed by atoms with Crippen LogP contribution in [-0.2, 0) is 22.4 Å². The van der Waals surface area contributed by atoms with E-state index in [9.17, 15) is 24.9 Å². The summed E-state index contributed by atoms with van der Waals surface area (Å²) < 4.78 is 17.4. The first-order valence-corrected chi connectivity index (χ1v) is 14.8. The van der Waals surface area contributed by atoms with Gasteiger partial charge < -0.3 is 40.2 Å². The van der Waals surface area contributed by atoms with Crippen LogP contribution >= 0.6 is 0 Å². The van der Waals surface area contributed by atoms with Gasteiger partial charge in [-0.25, -0.2) is 0 Å². The minimum absolute atomic E-state index is 0.0348. The minimum Gasteiger partial charge on any atom is -0.508 e. The molecule has 1 heterocycles. The van der Waals surface area contributed by atoms with Crippen LogP contribution in [-0.4, -0.2) is 54.4 Å². The van der Waals surface area contributed by atoms with Gasteiger partial charge >= 0.3 is 0 Å². The van der Waals surface area contributed by atoms with Crippen LogP contribution in [0.3, 0.4) is 0 Å². The van der Waals surface area contributed by atoms with Crippen LogP contribution in [0.2, 0.25) is 0 Å². The monoisotopic (exact) mass is 624 g/mol. The Balaban J connectivity index is 1.37. The van der Waals surface area contributed by atoms with E-state index in [4.69, 9.17) is 14.2 Å². The van der Waals surface area contributed by atoms with E-state index in [1.54, 1.807) is 72.8 Å². The fourth-order valence-electron chi connectivity index (χ4n) is 5.36. The predicted octanol–water partition coefficient (Wildman–Crippen LogP) is 4.77. The minimum atomic E-state index is -0.817. The smallest absolute Gasteiger partial charge is 0.244 e. The Morgan fingerprint density at radius 3 is 2.02 bits per heavy atom. The van der Waals surface area contributed by atoms with Gasteiger partial charge in [0.15, 0.2) is 11.5 Å². The first-order chi connectivity index (χ1) is 22.2. The Morgan fingerprint density at radius 1 is 0.783 bits per heavy atom. The van der Waals surface area contributed by atoms with Gasteiger partial charge in [-0.3, -0.25) is 9.59 Å². The molecule has 0 radical (unpaired) electrons. The number of aromatic hydroxyl groups is 3. The molecule has 5 rings (SSSR count). The number of carbonyl (C=O) groups is 2. The highest BCUT2D eigenvalue weighted by Gasteiger charge is 2.42. The van der Waals surface area contributed by atoms with Gasteiger partial charge in [0.1, 0.15) is 35.0 Å². The highest BCUT2D eigenvalue weighted by atomic mass is 16.5. The van der Waals surface area contributed by atoms with E-state index >= 15 is 0 Å². The molecule has 238 valence electrons. The molecule has 0 aliphatic carbocycles. The van der Waals surface area contributed by atoms with Crippen LogP contribution in [0.15, 0.2) is 84.9 Å². The zero-order valence-electron chi connectivity index (χ0n) is 25.5. The van der Waals surface area contributed by atoms with E-state index in [0.29, 0.717) is 59.9 Å². The van der Waals surface area contributed by atoms with Gasteiger partial charge in [-0.05, 0) is 84.1 Å². The van der Waals surface area contributed by atoms with E-state index in [-0.39, 0.29) is 29.1 Å². The molecule has 10 nitrogen and oxygen atoms in total. The summed E-state index contributed by atoms with van der Waals surface area (Å²) in [4.78, 5) is 26.4. The third kappa shape index (κ3) is 7.71. The zero-order valence-corrected chi connectivity index (χ0v) is 25.5. The van der Waals surface area contributed by atoms with Gasteiger partial charge in [-0.15, -0.1) is 0 Å². The number of hydrogen-bond acceptors (Lipinski definition) is 8. The summed E-state index contributed by atoms with van der Waals surface area (Å²) in [6, 6.07) is 21.8. The lowest BCUT2D eigenvalue weighted by molar-refractivity contribution is -0.124. The van der Waals surface area contributed by atoms with E-state index in [0.717, 1.165) is 11.1 Å². The number of fused-ring (bicyclic) bond motifs is 1. The number of ether oxygens (including phenoxy) is 3. The Labute approximate surface area is 266 Å². The van der Waals surface area contributed by atoms with Crippen molar-refractivity contribution in [2.75, 3.05) is 27.3 Å². The highest BCUT2D eigenvalue weighted by Crippen LogP contribution is 2.52. The van der Waals surface area contributed by atoms with Crippen molar-refractivity contribution in [3.8, 4) is 34.5 Å². The van der Waals surface area contributed by atoms with Crippen molar-refractivity contribution >= 4 is 17.9 Å². The zero-order chi connectivity index (χ0) is 32.6. The molecular formula is C36H36N2O8. The number of nitrogens with one attached hydrogen (secondary N) is 2. The first-order valence-electron chi connectivity index (χ1n) is 14.8. The van der Waals surface area contributed by atoms with Gasteiger partial charge in [-0.1, -0.05) is 24.3 Å². The Hall–Kier alpha value is -5.64. The standard InChI is InChI=1S/C36H36N2O8/c1-44-29-20-25(19-28(41)21-29)34-33(36(43)38-16-14-23-5-10-27(40)11-6-23)30-17-24(18-31(45-2)35(30)46-34)7-12-32(42)37-15-13-22-3-8-26(39)9-4-22/h3-12,17-21,33-34,39-41H,13-16H2,1-2H3,(H,37,42)(H,38,43)/t33-,34-/m0/s1. The fourth-order valence-corrected chi connectivity index (χ4v) is 5.36. The summed E-state index contributed by atoms with van der Waals surface area (Å²) >= 11 is 0. The topological polar surface area (TPSA) is 147 Å². The number of phenolic OH excluding ortho intramolecular Hbond substituents is 3. The van der Waals surface area contributed by atoms with Gasteiger partial charge in [0.05, 0.1) is 14.2 Å². The lowest BCUT2D eigenvalue weighted by atomic mass is 9.89. The molecule has 4 aromatic rings. The SMILES string of the molecule is COc1cc(O)cc([C@@H]2Oc3c(OC)cc(C=CC(=O)NCCc4ccc(O)cc4)cc3[C@@H]2C(=O)NCCc2ccc(O)cc2)c1. The Bertz CT molecular complexity index is 1720. The average molecular weight is 625 g/mol. The number of amides is 2. The van der Waals surface area contributed by atoms with E-state index in [2.05, 4.69) is 10.6 Å². The van der Waals surface area contributed by atoms with Crippen LogP contribution in [0.4, 0.5) is 0 Å². The summed E-state index contributed by atoms with van der Waals surface area (Å²) in [5.41, 5.74) is 3.67. The number of benzene rings is 4. The molecule has 0 saturated carbocycles. The summed E-state index contributed by atoms with van der Waals surface area (Å²) in [6.45, 7) is 0.753. The van der Waals surface area contributed by atoms with E-state index in [1.807, 2.05) is 0 Å². The van der Waals surface area contributed by atoms with E-state index < -0.39 is 12.0 Å². The number of hydrogen-bond donors (Lipinski definition) is 5. The van der Waals surface area contributed by atoms with Gasteiger partial charge in [0.2, 0.25) is 11.8 Å². The highest BCUT2D eigenvalue weighted by molar-refractivity contribution is 5.92. The lowest BCUT2D eigenvalue weighted by Crippen LogP contribution is -2.33. The second-order valence-electron chi connectivity index (χ2n) is 10.9. The summed E-state index contributed by atoms with van der Waals surface area (Å²) in [5, 5.41) is 35.3. The van der Waals surface area contributed by atoms with Crippen LogP contribution in [0.25, 0.3) is 6.08 Å². The largest absolute Gasteiger partial charge is 0.508 e. The number of carbonyl (C=O) groups excluding carboxylic acids is 2. The number of methoxy groups -OCH3 is 2. The quantitative estimate of drug-likeness (QED) is 0.142. The molecule has 0 spiro atoms. The molecule has 4 aromatic carbocycles. The van der Waals surface area contributed by atoms with Crippen molar-refractivity contribution in [3.05, 3.63) is 113 Å². The second kappa shape index (κ2) is 14.4. The van der Waals surface area contributed by atoms with Crippen molar-refractivity contribution in [2.45, 2.75) is 24.9 Å². The normalized spacial score (nSPS) is 15.2. The molecule has 1 aliphatic rings. The molecule has 0 saturated heterocycles. The molecule has 1 aliphatic heterocycles. The Kier molecular flexibility index (Phi) is 9.97. The molecule has 10 heteroatoms. The molecule has 0 unspecified atom stereocenters. The van der Waals surface area contributed by atoms with Gasteiger partial charge in [-0.2, -0.15) is 0 Å². The van der Waals surface area contributed by atoms with Crippen molar-refractivity contribution < 1.29 is 39.1 Å². The summed E-state index contributed by atoms with van der Waals surface area (Å²) in [5.74, 6) is 0.117. The van der Waals surface area contributed by atoms with Crippen LogP contribution in [0.5, 0.6) is 34.5 Å². The molecule has 0 aromatic heterocycles. The predicted molar refractivity (Wildman–Crippen MR) is 172 cm³/mol. The lowest BCUT2D eigenvalue weighted by Gasteiger charge is -2.20. The maximum absolute atomic E-state index is 13.8. The molecular weight excluding hydrogens is 588 g/mol. The van der Waals surface area contributed by atoms with Crippen molar-refractivity contribution in [1.29, 1.82) is 0 Å². The number of rotatable bonds is 12. The Morgan fingerprint density at radius 2 is 1.41 bits per heavy atom. The third-order valence-corrected chi connectivity index (χ3v) is 7.69. The fraction of sp³-hybridized carbons (Fsp3) is 0.222. The summed E-state index contributed by atoms with van der Waals surface area (Å²) in [7, 11) is 2.99. The van der Waals surface area contributed by atoms with Crippen LogP contribution in [0, 0.1) is 0 Å². The van der Waals surface area contributed by atoms with Crippen molar-refractivity contribution in [3.63, 3.8) is 0 Å². The van der Waals surface area contributed by atoms with Gasteiger partial charge in [0, 0.05) is 36.4 Å². The second-order valence-corrected chi connectivity index (χ2v) is 10.9. The average Bonchev–Trinajstić information content (AvgIpc) is 3.44. The maximum atomic E-state index is 13.8. The van der Waals surface area contributed by atoms with E-state index in [1.165, 1.54) is 32.4 Å². The molecule has 0 bridgehead atoms.